The molecule has 8 heteroatoms. The van der Waals surface area contributed by atoms with Crippen molar-refractivity contribution in [2.24, 2.45) is 0 Å². The highest BCUT2D eigenvalue weighted by molar-refractivity contribution is 7.90. The Labute approximate surface area is 243 Å². The summed E-state index contributed by atoms with van der Waals surface area (Å²) in [5.41, 5.74) is 6.65. The molecule has 0 saturated carbocycles. The summed E-state index contributed by atoms with van der Waals surface area (Å²) in [7, 11) is -3.75. The Morgan fingerprint density at radius 1 is 1.02 bits per heavy atom. The van der Waals surface area contributed by atoms with Gasteiger partial charge in [-0.15, -0.1) is 0 Å². The van der Waals surface area contributed by atoms with E-state index in [2.05, 4.69) is 59.3 Å². The zero-order valence-corrected chi connectivity index (χ0v) is 25.3. The zero-order chi connectivity index (χ0) is 29.7. The van der Waals surface area contributed by atoms with E-state index >= 15 is 4.39 Å². The summed E-state index contributed by atoms with van der Waals surface area (Å²) in [6.07, 6.45) is 1.91. The zero-order valence-electron chi connectivity index (χ0n) is 24.5. The fourth-order valence-corrected chi connectivity index (χ4v) is 6.09. The second-order valence-electron chi connectivity index (χ2n) is 10.7. The van der Waals surface area contributed by atoms with Crippen LogP contribution < -0.4 is 5.32 Å². The van der Waals surface area contributed by atoms with Gasteiger partial charge in [-0.05, 0) is 65.8 Å². The van der Waals surface area contributed by atoms with Crippen molar-refractivity contribution in [3.8, 4) is 11.1 Å². The molecule has 1 aliphatic heterocycles. The molecule has 1 heterocycles. The molecule has 4 rings (SSSR count). The summed E-state index contributed by atoms with van der Waals surface area (Å²) in [4.78, 5) is 17.4. The van der Waals surface area contributed by atoms with Crippen molar-refractivity contribution in [3.05, 3.63) is 94.8 Å². The number of halogens is 1. The number of nitrogens with one attached hydrogen (secondary N) is 1. The monoisotopic (exact) mass is 577 g/mol. The van der Waals surface area contributed by atoms with Gasteiger partial charge in [-0.25, -0.2) is 12.8 Å². The normalized spacial score (nSPS) is 13.7. The summed E-state index contributed by atoms with van der Waals surface area (Å²) < 4.78 is 39.3. The summed E-state index contributed by atoms with van der Waals surface area (Å²) >= 11 is 0. The number of piperazine rings is 1. The Balaban J connectivity index is 1.59. The van der Waals surface area contributed by atoms with E-state index in [1.807, 2.05) is 13.8 Å². The van der Waals surface area contributed by atoms with Crippen molar-refractivity contribution in [2.45, 2.75) is 45.1 Å². The first-order valence-corrected chi connectivity index (χ1v) is 16.1. The summed E-state index contributed by atoms with van der Waals surface area (Å²) in [5, 5.41) is 3.37. The molecule has 6 nitrogen and oxygen atoms in total. The van der Waals surface area contributed by atoms with Crippen LogP contribution in [-0.4, -0.2) is 63.1 Å². The number of hydrogen-bond acceptors (Lipinski definition) is 5. The molecule has 1 N–H and O–H groups in total. The number of carbonyl (C=O) groups is 1. The van der Waals surface area contributed by atoms with Gasteiger partial charge in [0.05, 0.1) is 0 Å². The van der Waals surface area contributed by atoms with Gasteiger partial charge in [-0.3, -0.25) is 4.79 Å². The molecular weight excluding hydrogens is 537 g/mol. The summed E-state index contributed by atoms with van der Waals surface area (Å²) in [6.45, 7) is 14.7. The molecule has 1 saturated heterocycles. The van der Waals surface area contributed by atoms with Crippen molar-refractivity contribution in [3.63, 3.8) is 0 Å². The van der Waals surface area contributed by atoms with Crippen LogP contribution in [0.5, 0.6) is 0 Å². The van der Waals surface area contributed by atoms with Gasteiger partial charge < -0.3 is 15.1 Å². The van der Waals surface area contributed by atoms with Gasteiger partial charge in [0.25, 0.3) is 5.91 Å². The molecule has 3 aromatic rings. The second-order valence-corrected chi connectivity index (χ2v) is 12.6. The molecule has 218 valence electrons. The highest BCUT2D eigenvalue weighted by Gasteiger charge is 2.25. The number of hydrogen-bond donors (Lipinski definition) is 1. The number of nitrogens with zero attached hydrogens (tertiary/aromatic N) is 2. The highest BCUT2D eigenvalue weighted by atomic mass is 32.2. The minimum absolute atomic E-state index is 0.131. The van der Waals surface area contributed by atoms with Crippen LogP contribution in [0.15, 0.2) is 66.1 Å². The van der Waals surface area contributed by atoms with Crippen LogP contribution in [0.1, 0.15) is 52.9 Å². The van der Waals surface area contributed by atoms with Crippen LogP contribution in [0.2, 0.25) is 0 Å². The lowest BCUT2D eigenvalue weighted by atomic mass is 9.97. The number of benzene rings is 3. The maximum absolute atomic E-state index is 15.2. The third-order valence-corrected chi connectivity index (χ3v) is 8.85. The molecular formula is C33H40FN3O3S. The topological polar surface area (TPSA) is 69.7 Å². The Bertz CT molecular complexity index is 1530. The molecule has 0 radical (unpaired) electrons. The van der Waals surface area contributed by atoms with Gasteiger partial charge in [-0.2, -0.15) is 0 Å². The van der Waals surface area contributed by atoms with Gasteiger partial charge in [0, 0.05) is 62.3 Å². The van der Waals surface area contributed by atoms with E-state index < -0.39 is 15.7 Å². The first-order chi connectivity index (χ1) is 19.5. The molecule has 1 amide bonds. The lowest BCUT2D eigenvalue weighted by Gasteiger charge is -2.31. The third kappa shape index (κ3) is 6.88. The number of sulfone groups is 1. The fourth-order valence-electron chi connectivity index (χ4n) is 5.32. The SMILES string of the molecule is C=C(c1ccc(-c2ccc(C)c(CN(CCC)C(=O)c3ccc(S(C)(=O)=O)c(F)c3CC)c2)cc1)N1CCNCC1. The smallest absolute Gasteiger partial charge is 0.254 e. The minimum Gasteiger partial charge on any atom is -0.369 e. The van der Waals surface area contributed by atoms with Gasteiger partial charge in [0.2, 0.25) is 0 Å². The van der Waals surface area contributed by atoms with E-state index in [0.717, 1.165) is 72.4 Å². The molecule has 1 fully saturated rings. The number of carbonyl (C=O) groups excluding carboxylic acids is 1. The molecule has 0 bridgehead atoms. The fraction of sp³-hybridized carbons (Fsp3) is 0.364. The lowest BCUT2D eigenvalue weighted by molar-refractivity contribution is 0.0741. The van der Waals surface area contributed by atoms with Crippen LogP contribution in [-0.2, 0) is 22.8 Å². The van der Waals surface area contributed by atoms with Crippen LogP contribution >= 0.6 is 0 Å². The lowest BCUT2D eigenvalue weighted by Crippen LogP contribution is -2.42. The number of amides is 1. The largest absolute Gasteiger partial charge is 0.369 e. The van der Waals surface area contributed by atoms with Gasteiger partial charge >= 0.3 is 0 Å². The molecule has 0 aliphatic carbocycles. The summed E-state index contributed by atoms with van der Waals surface area (Å²) in [5.74, 6) is -1.14. The van der Waals surface area contributed by atoms with Gasteiger partial charge in [0.15, 0.2) is 9.84 Å². The van der Waals surface area contributed by atoms with Crippen LogP contribution in [0.25, 0.3) is 16.8 Å². The van der Waals surface area contributed by atoms with E-state index in [4.69, 9.17) is 0 Å². The average Bonchev–Trinajstić information content (AvgIpc) is 2.97. The molecule has 0 atom stereocenters. The molecule has 0 aromatic heterocycles. The van der Waals surface area contributed by atoms with E-state index in [9.17, 15) is 13.2 Å². The Morgan fingerprint density at radius 3 is 2.29 bits per heavy atom. The Hall–Kier alpha value is -3.49. The second kappa shape index (κ2) is 13.0. The van der Waals surface area contributed by atoms with Crippen LogP contribution in [0, 0.1) is 12.7 Å². The predicted octanol–water partition coefficient (Wildman–Crippen LogP) is 5.70. The minimum atomic E-state index is -3.75. The molecule has 3 aromatic carbocycles. The van der Waals surface area contributed by atoms with Crippen molar-refractivity contribution in [2.75, 3.05) is 39.0 Å². The van der Waals surface area contributed by atoms with Crippen LogP contribution in [0.4, 0.5) is 4.39 Å². The molecule has 0 spiro atoms. The van der Waals surface area contributed by atoms with Crippen LogP contribution in [0.3, 0.4) is 0 Å². The van der Waals surface area contributed by atoms with Crippen molar-refractivity contribution in [1.82, 2.24) is 15.1 Å². The van der Waals surface area contributed by atoms with E-state index in [-0.39, 0.29) is 28.4 Å². The molecule has 1 aliphatic rings. The Morgan fingerprint density at radius 2 is 1.68 bits per heavy atom. The van der Waals surface area contributed by atoms with Gasteiger partial charge in [-0.1, -0.05) is 56.8 Å². The maximum Gasteiger partial charge on any atom is 0.254 e. The van der Waals surface area contributed by atoms with E-state index in [1.165, 1.54) is 12.1 Å². The highest BCUT2D eigenvalue weighted by Crippen LogP contribution is 2.28. The van der Waals surface area contributed by atoms with Crippen molar-refractivity contribution >= 4 is 21.4 Å². The quantitative estimate of drug-likeness (QED) is 0.335. The first-order valence-electron chi connectivity index (χ1n) is 14.2. The molecule has 41 heavy (non-hydrogen) atoms. The third-order valence-electron chi connectivity index (χ3n) is 7.73. The van der Waals surface area contributed by atoms with E-state index in [0.29, 0.717) is 13.1 Å². The Kier molecular flexibility index (Phi) is 9.66. The summed E-state index contributed by atoms with van der Waals surface area (Å²) in [6, 6.07) is 17.3. The first kappa shape index (κ1) is 30.5. The standard InChI is InChI=1S/C33H40FN3O3S/c1-6-18-37(33(38)30-14-15-31(41(5,39)40)32(34)29(30)7-2)22-28-21-27(9-8-23(28)3)26-12-10-25(11-13-26)24(4)36-19-16-35-17-20-36/h8-15,21,35H,4,6-7,16-20,22H2,1-3,5H3. The van der Waals surface area contributed by atoms with Gasteiger partial charge in [0.1, 0.15) is 10.7 Å². The van der Waals surface area contributed by atoms with E-state index in [1.54, 1.807) is 11.8 Å². The number of aryl methyl sites for hydroxylation is 1. The van der Waals surface area contributed by atoms with Crippen molar-refractivity contribution < 1.29 is 17.6 Å². The number of rotatable bonds is 10. The average molecular weight is 578 g/mol. The van der Waals surface area contributed by atoms with Crippen molar-refractivity contribution in [1.29, 1.82) is 0 Å². The predicted molar refractivity (Wildman–Crippen MR) is 164 cm³/mol. The molecule has 0 unspecified atom stereocenters. The maximum atomic E-state index is 15.2.